The van der Waals surface area contributed by atoms with E-state index in [1.54, 1.807) is 0 Å². The van der Waals surface area contributed by atoms with Crippen molar-refractivity contribution in [2.24, 2.45) is 13.0 Å². The molecule has 0 aliphatic carbocycles. The largest absolute Gasteiger partial charge is 0.362 e. The van der Waals surface area contributed by atoms with Crippen LogP contribution in [0.2, 0.25) is 0 Å². The molecule has 84 valence electrons. The standard InChI is InChI=1S/C11H19N3S/c1-9(2)6-12-11(15)13-7-10-4-5-14(3)8-10/h4-5,8-9H,6-7H2,1-3H3,(H2,12,13,15). The van der Waals surface area contributed by atoms with E-state index in [-0.39, 0.29) is 0 Å². The molecule has 1 rings (SSSR count). The molecule has 0 saturated carbocycles. The zero-order valence-electron chi connectivity index (χ0n) is 9.58. The molecule has 0 amide bonds. The third kappa shape index (κ3) is 4.83. The molecule has 0 saturated heterocycles. The van der Waals surface area contributed by atoms with Gasteiger partial charge >= 0.3 is 0 Å². The molecule has 1 heterocycles. The van der Waals surface area contributed by atoms with Gasteiger partial charge in [-0.05, 0) is 29.8 Å². The molecule has 0 unspecified atom stereocenters. The van der Waals surface area contributed by atoms with Crippen LogP contribution in [-0.4, -0.2) is 16.2 Å². The molecular formula is C11H19N3S. The fourth-order valence-corrected chi connectivity index (χ4v) is 1.36. The second-order valence-electron chi connectivity index (χ2n) is 4.14. The van der Waals surface area contributed by atoms with Crippen LogP contribution in [0.3, 0.4) is 0 Å². The van der Waals surface area contributed by atoms with Crippen LogP contribution in [-0.2, 0) is 13.6 Å². The predicted molar refractivity (Wildman–Crippen MR) is 67.7 cm³/mol. The summed E-state index contributed by atoms with van der Waals surface area (Å²) < 4.78 is 2.03. The highest BCUT2D eigenvalue weighted by molar-refractivity contribution is 7.80. The zero-order chi connectivity index (χ0) is 11.3. The fraction of sp³-hybridized carbons (Fsp3) is 0.545. The van der Waals surface area contributed by atoms with Crippen LogP contribution in [0.5, 0.6) is 0 Å². The van der Waals surface area contributed by atoms with Gasteiger partial charge in [0.2, 0.25) is 0 Å². The van der Waals surface area contributed by atoms with Gasteiger partial charge in [0.1, 0.15) is 0 Å². The van der Waals surface area contributed by atoms with Crippen LogP contribution >= 0.6 is 12.2 Å². The smallest absolute Gasteiger partial charge is 0.166 e. The molecule has 2 N–H and O–H groups in total. The van der Waals surface area contributed by atoms with Crippen molar-refractivity contribution in [2.75, 3.05) is 6.54 Å². The monoisotopic (exact) mass is 225 g/mol. The topological polar surface area (TPSA) is 29.0 Å². The minimum atomic E-state index is 0.612. The molecule has 0 aliphatic rings. The lowest BCUT2D eigenvalue weighted by Gasteiger charge is -2.11. The van der Waals surface area contributed by atoms with Crippen LogP contribution in [0.25, 0.3) is 0 Å². The van der Waals surface area contributed by atoms with E-state index in [1.807, 2.05) is 17.8 Å². The van der Waals surface area contributed by atoms with Crippen LogP contribution in [0.15, 0.2) is 18.5 Å². The number of aromatic nitrogens is 1. The first-order valence-corrected chi connectivity index (χ1v) is 5.61. The zero-order valence-corrected chi connectivity index (χ0v) is 10.4. The summed E-state index contributed by atoms with van der Waals surface area (Å²) in [5, 5.41) is 7.08. The first kappa shape index (κ1) is 12.0. The van der Waals surface area contributed by atoms with E-state index in [4.69, 9.17) is 12.2 Å². The second kappa shape index (κ2) is 5.75. The lowest BCUT2D eigenvalue weighted by Crippen LogP contribution is -2.36. The van der Waals surface area contributed by atoms with E-state index in [0.29, 0.717) is 5.92 Å². The summed E-state index contributed by atoms with van der Waals surface area (Å²) >= 11 is 5.15. The van der Waals surface area contributed by atoms with E-state index in [0.717, 1.165) is 18.2 Å². The van der Waals surface area contributed by atoms with Gasteiger partial charge in [-0.15, -0.1) is 0 Å². The third-order valence-electron chi connectivity index (χ3n) is 2.02. The van der Waals surface area contributed by atoms with Crippen LogP contribution in [0.4, 0.5) is 0 Å². The maximum absolute atomic E-state index is 5.15. The Balaban J connectivity index is 2.22. The highest BCUT2D eigenvalue weighted by Crippen LogP contribution is 1.98. The summed E-state index contributed by atoms with van der Waals surface area (Å²) in [6.45, 7) is 6.02. The van der Waals surface area contributed by atoms with Crippen LogP contribution in [0.1, 0.15) is 19.4 Å². The Labute approximate surface area is 96.9 Å². The molecule has 3 nitrogen and oxygen atoms in total. The fourth-order valence-electron chi connectivity index (χ4n) is 1.21. The van der Waals surface area contributed by atoms with E-state index in [2.05, 4.69) is 36.7 Å². The summed E-state index contributed by atoms with van der Waals surface area (Å²) in [6.07, 6.45) is 4.11. The van der Waals surface area contributed by atoms with Crippen molar-refractivity contribution in [3.8, 4) is 0 Å². The first-order valence-electron chi connectivity index (χ1n) is 5.20. The molecule has 0 radical (unpaired) electrons. The molecule has 1 aromatic rings. The Morgan fingerprint density at radius 2 is 2.20 bits per heavy atom. The van der Waals surface area contributed by atoms with Gasteiger partial charge in [-0.25, -0.2) is 0 Å². The SMILES string of the molecule is CC(C)CNC(=S)NCc1ccn(C)c1. The Hall–Kier alpha value is -1.03. The van der Waals surface area contributed by atoms with Crippen molar-refractivity contribution in [1.29, 1.82) is 0 Å². The third-order valence-corrected chi connectivity index (χ3v) is 2.31. The van der Waals surface area contributed by atoms with Gasteiger partial charge in [0, 0.05) is 32.5 Å². The van der Waals surface area contributed by atoms with Gasteiger partial charge in [-0.3, -0.25) is 0 Å². The number of rotatable bonds is 4. The summed E-state index contributed by atoms with van der Waals surface area (Å²) in [6, 6.07) is 2.08. The average molecular weight is 225 g/mol. The molecule has 0 atom stereocenters. The van der Waals surface area contributed by atoms with Crippen molar-refractivity contribution < 1.29 is 0 Å². The van der Waals surface area contributed by atoms with Gasteiger partial charge in [0.15, 0.2) is 5.11 Å². The maximum atomic E-state index is 5.15. The molecule has 4 heteroatoms. The number of aryl methyl sites for hydroxylation is 1. The minimum Gasteiger partial charge on any atom is -0.362 e. The van der Waals surface area contributed by atoms with Crippen molar-refractivity contribution in [3.05, 3.63) is 24.0 Å². The van der Waals surface area contributed by atoms with E-state index in [9.17, 15) is 0 Å². The quantitative estimate of drug-likeness (QED) is 0.763. The minimum absolute atomic E-state index is 0.612. The van der Waals surface area contributed by atoms with E-state index in [1.165, 1.54) is 5.56 Å². The summed E-state index contributed by atoms with van der Waals surface area (Å²) in [5.41, 5.74) is 1.24. The highest BCUT2D eigenvalue weighted by atomic mass is 32.1. The summed E-state index contributed by atoms with van der Waals surface area (Å²) in [7, 11) is 2.01. The maximum Gasteiger partial charge on any atom is 0.166 e. The normalized spacial score (nSPS) is 10.4. The number of nitrogens with zero attached hydrogens (tertiary/aromatic N) is 1. The number of hydrogen-bond acceptors (Lipinski definition) is 1. The number of thiocarbonyl (C=S) groups is 1. The van der Waals surface area contributed by atoms with Gasteiger partial charge in [0.05, 0.1) is 0 Å². The molecule has 15 heavy (non-hydrogen) atoms. The van der Waals surface area contributed by atoms with Gasteiger partial charge in [-0.2, -0.15) is 0 Å². The van der Waals surface area contributed by atoms with Crippen LogP contribution in [0, 0.1) is 5.92 Å². The molecule has 0 fully saturated rings. The molecule has 0 aliphatic heterocycles. The lowest BCUT2D eigenvalue weighted by molar-refractivity contribution is 0.619. The van der Waals surface area contributed by atoms with E-state index < -0.39 is 0 Å². The lowest BCUT2D eigenvalue weighted by atomic mass is 10.2. The van der Waals surface area contributed by atoms with Crippen LogP contribution < -0.4 is 10.6 Å². The van der Waals surface area contributed by atoms with Crippen molar-refractivity contribution >= 4 is 17.3 Å². The molecular weight excluding hydrogens is 206 g/mol. The summed E-state index contributed by atoms with van der Waals surface area (Å²) in [4.78, 5) is 0. The van der Waals surface area contributed by atoms with Crippen molar-refractivity contribution in [2.45, 2.75) is 20.4 Å². The number of hydrogen-bond donors (Lipinski definition) is 2. The second-order valence-corrected chi connectivity index (χ2v) is 4.55. The van der Waals surface area contributed by atoms with Crippen molar-refractivity contribution in [3.63, 3.8) is 0 Å². The van der Waals surface area contributed by atoms with Gasteiger partial charge in [-0.1, -0.05) is 13.8 Å². The molecule has 0 spiro atoms. The Bertz CT molecular complexity index is 317. The predicted octanol–water partition coefficient (Wildman–Crippen LogP) is 1.65. The van der Waals surface area contributed by atoms with Crippen molar-refractivity contribution in [1.82, 2.24) is 15.2 Å². The highest BCUT2D eigenvalue weighted by Gasteiger charge is 1.98. The Kier molecular flexibility index (Phi) is 4.62. The van der Waals surface area contributed by atoms with Gasteiger partial charge in [0.25, 0.3) is 0 Å². The Morgan fingerprint density at radius 1 is 1.47 bits per heavy atom. The number of nitrogens with one attached hydrogen (secondary N) is 2. The van der Waals surface area contributed by atoms with E-state index >= 15 is 0 Å². The first-order chi connectivity index (χ1) is 7.08. The van der Waals surface area contributed by atoms with Gasteiger partial charge < -0.3 is 15.2 Å². The average Bonchev–Trinajstić information content (AvgIpc) is 2.58. The molecule has 0 aromatic carbocycles. The summed E-state index contributed by atoms with van der Waals surface area (Å²) in [5.74, 6) is 0.612. The Morgan fingerprint density at radius 3 is 2.73 bits per heavy atom. The molecule has 0 bridgehead atoms. The molecule has 1 aromatic heterocycles.